The summed E-state index contributed by atoms with van der Waals surface area (Å²) in [5.41, 5.74) is 11.1. The zero-order valence-corrected chi connectivity index (χ0v) is 18.5. The minimum absolute atomic E-state index is 0.282. The lowest BCUT2D eigenvalue weighted by molar-refractivity contribution is 0.221. The Morgan fingerprint density at radius 2 is 1.63 bits per heavy atom. The molecule has 0 heterocycles. The Bertz CT molecular complexity index is 997. The first-order chi connectivity index (χ1) is 14.6. The van der Waals surface area contributed by atoms with E-state index in [0.29, 0.717) is 24.3 Å². The van der Waals surface area contributed by atoms with Crippen molar-refractivity contribution in [2.45, 2.75) is 24.7 Å². The van der Waals surface area contributed by atoms with Gasteiger partial charge in [0.15, 0.2) is 0 Å². The van der Waals surface area contributed by atoms with Crippen molar-refractivity contribution in [3.8, 4) is 11.1 Å². The van der Waals surface area contributed by atoms with Crippen LogP contribution in [0.4, 0.5) is 0 Å². The second-order valence-electron chi connectivity index (χ2n) is 8.16. The molecular weight excluding hydrogens is 409 g/mol. The summed E-state index contributed by atoms with van der Waals surface area (Å²) < 4.78 is 0. The minimum Gasteiger partial charge on any atom is -0.330 e. The molecule has 0 saturated heterocycles. The summed E-state index contributed by atoms with van der Waals surface area (Å²) in [6.45, 7) is 4.71. The maximum absolute atomic E-state index is 6.88. The van der Waals surface area contributed by atoms with Crippen molar-refractivity contribution in [1.29, 1.82) is 0 Å². The predicted octanol–water partition coefficient (Wildman–Crippen LogP) is 7.70. The van der Waals surface area contributed by atoms with Gasteiger partial charge in [0, 0.05) is 10.0 Å². The molecule has 3 heteroatoms. The molecule has 30 heavy (non-hydrogen) atoms. The Hall–Kier alpha value is -2.06. The second kappa shape index (κ2) is 9.39. The van der Waals surface area contributed by atoms with Crippen LogP contribution in [-0.4, -0.2) is 6.54 Å². The van der Waals surface area contributed by atoms with Crippen LogP contribution in [-0.2, 0) is 0 Å². The van der Waals surface area contributed by atoms with E-state index < -0.39 is 0 Å². The number of allylic oxidation sites excluding steroid dienone is 1. The summed E-state index contributed by atoms with van der Waals surface area (Å²) in [5, 5.41) is 1.58. The van der Waals surface area contributed by atoms with E-state index >= 15 is 0 Å². The van der Waals surface area contributed by atoms with Crippen LogP contribution in [0.2, 0.25) is 10.0 Å². The van der Waals surface area contributed by atoms with Crippen molar-refractivity contribution < 1.29 is 0 Å². The fraction of sp³-hybridized carbons (Fsp3) is 0.259. The Morgan fingerprint density at radius 1 is 0.900 bits per heavy atom. The summed E-state index contributed by atoms with van der Waals surface area (Å²) in [4.78, 5) is 0. The van der Waals surface area contributed by atoms with Crippen molar-refractivity contribution in [3.63, 3.8) is 0 Å². The number of hydrogen-bond acceptors (Lipinski definition) is 1. The monoisotopic (exact) mass is 435 g/mol. The molecule has 154 valence electrons. The van der Waals surface area contributed by atoms with Gasteiger partial charge in [-0.3, -0.25) is 0 Å². The maximum atomic E-state index is 6.88. The SMILES string of the molecule is C=CC1CCC(c2ccc(-c3ccccc3)cc2Cl)C(c2ccc(Cl)cc2)C1CN. The van der Waals surface area contributed by atoms with Crippen LogP contribution in [0.5, 0.6) is 0 Å². The van der Waals surface area contributed by atoms with E-state index in [1.807, 2.05) is 18.2 Å². The molecule has 1 aliphatic carbocycles. The summed E-state index contributed by atoms with van der Waals surface area (Å²) in [5.74, 6) is 1.33. The highest BCUT2D eigenvalue weighted by molar-refractivity contribution is 6.31. The fourth-order valence-electron chi connectivity index (χ4n) is 5.10. The summed E-state index contributed by atoms with van der Waals surface area (Å²) in [6, 6.07) is 25.1. The van der Waals surface area contributed by atoms with E-state index in [9.17, 15) is 0 Å². The molecule has 0 amide bonds. The van der Waals surface area contributed by atoms with Crippen molar-refractivity contribution in [2.24, 2.45) is 17.6 Å². The van der Waals surface area contributed by atoms with E-state index in [0.717, 1.165) is 28.5 Å². The first kappa shape index (κ1) is 21.2. The van der Waals surface area contributed by atoms with E-state index in [1.54, 1.807) is 0 Å². The van der Waals surface area contributed by atoms with Crippen LogP contribution in [0, 0.1) is 11.8 Å². The Balaban J connectivity index is 1.75. The largest absolute Gasteiger partial charge is 0.330 e. The van der Waals surface area contributed by atoms with E-state index in [2.05, 4.69) is 67.3 Å². The quantitative estimate of drug-likeness (QED) is 0.408. The van der Waals surface area contributed by atoms with Crippen molar-refractivity contribution in [3.05, 3.63) is 107 Å². The number of halogens is 2. The van der Waals surface area contributed by atoms with E-state index in [-0.39, 0.29) is 5.92 Å². The first-order valence-electron chi connectivity index (χ1n) is 10.5. The van der Waals surface area contributed by atoms with Crippen LogP contribution < -0.4 is 5.73 Å². The standard InChI is InChI=1S/C27H27Cl2N/c1-2-18-10-15-24(27(25(18)17-30)20-8-12-22(28)13-9-20)23-14-11-21(16-26(23)29)19-6-4-3-5-7-19/h2-9,11-14,16,18,24-25,27H,1,10,15,17,30H2. The fourth-order valence-corrected chi connectivity index (χ4v) is 5.54. The van der Waals surface area contributed by atoms with Gasteiger partial charge in [-0.15, -0.1) is 6.58 Å². The van der Waals surface area contributed by atoms with Gasteiger partial charge in [0.1, 0.15) is 0 Å². The van der Waals surface area contributed by atoms with Crippen molar-refractivity contribution in [1.82, 2.24) is 0 Å². The highest BCUT2D eigenvalue weighted by Gasteiger charge is 2.39. The smallest absolute Gasteiger partial charge is 0.0447 e. The third kappa shape index (κ3) is 4.21. The molecule has 2 N–H and O–H groups in total. The molecule has 0 radical (unpaired) electrons. The first-order valence-corrected chi connectivity index (χ1v) is 11.3. The van der Waals surface area contributed by atoms with Crippen LogP contribution in [0.3, 0.4) is 0 Å². The highest BCUT2D eigenvalue weighted by Crippen LogP contribution is 2.51. The summed E-state index contributed by atoms with van der Waals surface area (Å²) in [6.07, 6.45) is 4.22. The van der Waals surface area contributed by atoms with Gasteiger partial charge in [-0.05, 0) is 83.5 Å². The molecule has 4 atom stereocenters. The minimum atomic E-state index is 0.282. The average Bonchev–Trinajstić information content (AvgIpc) is 2.79. The molecule has 4 rings (SSSR count). The van der Waals surface area contributed by atoms with Gasteiger partial charge >= 0.3 is 0 Å². The van der Waals surface area contributed by atoms with Crippen LogP contribution in [0.1, 0.15) is 35.8 Å². The van der Waals surface area contributed by atoms with Gasteiger partial charge < -0.3 is 5.73 Å². The van der Waals surface area contributed by atoms with Crippen molar-refractivity contribution in [2.75, 3.05) is 6.54 Å². The Morgan fingerprint density at radius 3 is 2.27 bits per heavy atom. The zero-order valence-electron chi connectivity index (χ0n) is 17.0. The van der Waals surface area contributed by atoms with Gasteiger partial charge in [-0.25, -0.2) is 0 Å². The van der Waals surface area contributed by atoms with Crippen molar-refractivity contribution >= 4 is 23.2 Å². The lowest BCUT2D eigenvalue weighted by atomic mass is 9.62. The Labute approximate surface area is 189 Å². The number of hydrogen-bond donors (Lipinski definition) is 1. The van der Waals surface area contributed by atoms with Gasteiger partial charge in [0.25, 0.3) is 0 Å². The number of nitrogens with two attached hydrogens (primary N) is 1. The topological polar surface area (TPSA) is 26.0 Å². The molecule has 1 aliphatic rings. The molecule has 3 aromatic carbocycles. The average molecular weight is 436 g/mol. The second-order valence-corrected chi connectivity index (χ2v) is 9.01. The van der Waals surface area contributed by atoms with E-state index in [4.69, 9.17) is 28.9 Å². The Kier molecular flexibility index (Phi) is 6.63. The lowest BCUT2D eigenvalue weighted by Gasteiger charge is -2.43. The number of benzene rings is 3. The molecule has 4 unspecified atom stereocenters. The highest BCUT2D eigenvalue weighted by atomic mass is 35.5. The summed E-state index contributed by atoms with van der Waals surface area (Å²) >= 11 is 13.0. The number of rotatable bonds is 5. The van der Waals surface area contributed by atoms with Gasteiger partial charge in [-0.2, -0.15) is 0 Å². The maximum Gasteiger partial charge on any atom is 0.0447 e. The third-order valence-electron chi connectivity index (χ3n) is 6.59. The molecule has 3 aromatic rings. The molecule has 0 aromatic heterocycles. The third-order valence-corrected chi connectivity index (χ3v) is 7.17. The molecule has 1 fully saturated rings. The van der Waals surface area contributed by atoms with Gasteiger partial charge in [-0.1, -0.05) is 83.9 Å². The normalized spacial score (nSPS) is 23.8. The molecular formula is C27H27Cl2N. The van der Waals surface area contributed by atoms with Crippen LogP contribution in [0.25, 0.3) is 11.1 Å². The molecule has 1 nitrogen and oxygen atoms in total. The van der Waals surface area contributed by atoms with Gasteiger partial charge in [0.05, 0.1) is 0 Å². The molecule has 0 bridgehead atoms. The van der Waals surface area contributed by atoms with Gasteiger partial charge in [0.2, 0.25) is 0 Å². The predicted molar refractivity (Wildman–Crippen MR) is 129 cm³/mol. The molecule has 0 aliphatic heterocycles. The summed E-state index contributed by atoms with van der Waals surface area (Å²) in [7, 11) is 0. The molecule has 1 saturated carbocycles. The van der Waals surface area contributed by atoms with Crippen LogP contribution >= 0.6 is 23.2 Å². The van der Waals surface area contributed by atoms with E-state index in [1.165, 1.54) is 16.7 Å². The van der Waals surface area contributed by atoms with Crippen LogP contribution in [0.15, 0.2) is 85.5 Å². The zero-order chi connectivity index (χ0) is 21.1. The molecule has 0 spiro atoms. The lowest BCUT2D eigenvalue weighted by Crippen LogP contribution is -2.36.